The Bertz CT molecular complexity index is 416. The van der Waals surface area contributed by atoms with Crippen molar-refractivity contribution in [3.8, 4) is 0 Å². The molecule has 0 spiro atoms. The first-order chi connectivity index (χ1) is 8.70. The van der Waals surface area contributed by atoms with Crippen molar-refractivity contribution in [1.82, 2.24) is 4.90 Å². The molecule has 18 heavy (non-hydrogen) atoms. The number of amides is 1. The first-order valence-electron chi connectivity index (χ1n) is 6.35. The second-order valence-electron chi connectivity index (χ2n) is 4.48. The summed E-state index contributed by atoms with van der Waals surface area (Å²) in [6.07, 6.45) is 1.42. The second kappa shape index (κ2) is 5.96. The molecule has 1 aliphatic rings. The number of hydrogen-bond acceptors (Lipinski definition) is 2. The molecule has 2 rings (SSSR count). The summed E-state index contributed by atoms with van der Waals surface area (Å²) in [7, 11) is 0. The molecule has 3 nitrogen and oxygen atoms in total. The van der Waals surface area contributed by atoms with Gasteiger partial charge in [0.2, 0.25) is 0 Å². The summed E-state index contributed by atoms with van der Waals surface area (Å²) < 4.78 is 18.5. The molecule has 1 saturated heterocycles. The number of likely N-dealkylation sites (N-methyl/N-ethyl adjacent to an activating group) is 1. The molecule has 1 amide bonds. The minimum atomic E-state index is -0.307. The smallest absolute Gasteiger partial charge is 0.251 e. The minimum absolute atomic E-state index is 0.0132. The normalized spacial score (nSPS) is 18.9. The lowest BCUT2D eigenvalue weighted by molar-refractivity contribution is -0.141. The topological polar surface area (TPSA) is 29.5 Å². The quantitative estimate of drug-likeness (QED) is 0.822. The fourth-order valence-electron chi connectivity index (χ4n) is 2.18. The van der Waals surface area contributed by atoms with Crippen LogP contribution < -0.4 is 0 Å². The molecule has 1 fully saturated rings. The fraction of sp³-hybridized carbons (Fsp3) is 0.500. The Morgan fingerprint density at radius 1 is 1.56 bits per heavy atom. The van der Waals surface area contributed by atoms with E-state index in [2.05, 4.69) is 0 Å². The van der Waals surface area contributed by atoms with E-state index in [9.17, 15) is 9.18 Å². The van der Waals surface area contributed by atoms with E-state index in [0.717, 1.165) is 18.4 Å². The van der Waals surface area contributed by atoms with E-state index >= 15 is 0 Å². The summed E-state index contributed by atoms with van der Waals surface area (Å²) in [5.74, 6) is -0.257. The number of nitrogens with zero attached hydrogens (tertiary/aromatic N) is 1. The molecule has 0 aromatic heterocycles. The third-order valence-corrected chi connectivity index (χ3v) is 3.16. The van der Waals surface area contributed by atoms with E-state index in [4.69, 9.17) is 4.74 Å². The minimum Gasteiger partial charge on any atom is -0.368 e. The molecule has 98 valence electrons. The van der Waals surface area contributed by atoms with E-state index in [1.165, 1.54) is 12.1 Å². The van der Waals surface area contributed by atoms with Crippen molar-refractivity contribution in [1.29, 1.82) is 0 Å². The van der Waals surface area contributed by atoms with Gasteiger partial charge in [-0.05, 0) is 37.5 Å². The Morgan fingerprint density at radius 3 is 3.00 bits per heavy atom. The zero-order valence-electron chi connectivity index (χ0n) is 10.6. The van der Waals surface area contributed by atoms with Crippen LogP contribution in [-0.2, 0) is 16.1 Å². The molecule has 1 atom stereocenters. The summed E-state index contributed by atoms with van der Waals surface area (Å²) in [6, 6.07) is 6.36. The van der Waals surface area contributed by atoms with Crippen LogP contribution in [0, 0.1) is 5.82 Å². The first kappa shape index (κ1) is 13.0. The molecular formula is C14H18FNO2. The van der Waals surface area contributed by atoms with Crippen molar-refractivity contribution < 1.29 is 13.9 Å². The molecule has 0 bridgehead atoms. The molecule has 1 unspecified atom stereocenters. The van der Waals surface area contributed by atoms with Gasteiger partial charge in [-0.3, -0.25) is 4.79 Å². The number of rotatable bonds is 4. The highest BCUT2D eigenvalue weighted by Crippen LogP contribution is 2.16. The summed E-state index contributed by atoms with van der Waals surface area (Å²) in [4.78, 5) is 13.9. The van der Waals surface area contributed by atoms with E-state index in [0.29, 0.717) is 19.7 Å². The Labute approximate surface area is 107 Å². The van der Waals surface area contributed by atoms with Gasteiger partial charge < -0.3 is 9.64 Å². The maximum atomic E-state index is 13.1. The van der Waals surface area contributed by atoms with E-state index in [1.54, 1.807) is 11.0 Å². The van der Waals surface area contributed by atoms with Gasteiger partial charge in [-0.25, -0.2) is 4.39 Å². The molecule has 0 N–H and O–H groups in total. The third kappa shape index (κ3) is 3.07. The largest absolute Gasteiger partial charge is 0.368 e. The average Bonchev–Trinajstić information content (AvgIpc) is 2.89. The molecule has 4 heteroatoms. The van der Waals surface area contributed by atoms with Crippen molar-refractivity contribution in [2.45, 2.75) is 32.4 Å². The number of carbonyl (C=O) groups is 1. The van der Waals surface area contributed by atoms with Gasteiger partial charge in [0.25, 0.3) is 5.91 Å². The average molecular weight is 251 g/mol. The lowest BCUT2D eigenvalue weighted by Crippen LogP contribution is -2.38. The standard InChI is InChI=1S/C14H18FNO2/c1-2-16(14(17)13-7-4-8-18-13)10-11-5-3-6-12(15)9-11/h3,5-6,9,13H,2,4,7-8,10H2,1H3. The number of ether oxygens (including phenoxy) is 1. The zero-order valence-corrected chi connectivity index (χ0v) is 10.6. The second-order valence-corrected chi connectivity index (χ2v) is 4.48. The van der Waals surface area contributed by atoms with Crippen molar-refractivity contribution in [2.75, 3.05) is 13.2 Å². The van der Waals surface area contributed by atoms with Gasteiger partial charge in [0.15, 0.2) is 0 Å². The van der Waals surface area contributed by atoms with Crippen LogP contribution in [0.3, 0.4) is 0 Å². The third-order valence-electron chi connectivity index (χ3n) is 3.16. The maximum Gasteiger partial charge on any atom is 0.251 e. The van der Waals surface area contributed by atoms with E-state index in [-0.39, 0.29) is 17.8 Å². The van der Waals surface area contributed by atoms with Gasteiger partial charge >= 0.3 is 0 Å². The fourth-order valence-corrected chi connectivity index (χ4v) is 2.18. The molecule has 0 aliphatic carbocycles. The molecule has 1 aliphatic heterocycles. The van der Waals surface area contributed by atoms with E-state index < -0.39 is 0 Å². The molecule has 0 radical (unpaired) electrons. The highest BCUT2D eigenvalue weighted by Gasteiger charge is 2.27. The highest BCUT2D eigenvalue weighted by molar-refractivity contribution is 5.81. The Hall–Kier alpha value is -1.42. The summed E-state index contributed by atoms with van der Waals surface area (Å²) in [5, 5.41) is 0. The Morgan fingerprint density at radius 2 is 2.39 bits per heavy atom. The van der Waals surface area contributed by atoms with Crippen molar-refractivity contribution in [3.05, 3.63) is 35.6 Å². The number of benzene rings is 1. The number of hydrogen-bond donors (Lipinski definition) is 0. The van der Waals surface area contributed by atoms with Crippen molar-refractivity contribution in [3.63, 3.8) is 0 Å². The predicted molar refractivity (Wildman–Crippen MR) is 66.5 cm³/mol. The van der Waals surface area contributed by atoms with Crippen LogP contribution in [0.1, 0.15) is 25.3 Å². The van der Waals surface area contributed by atoms with Crippen LogP contribution in [-0.4, -0.2) is 30.1 Å². The number of carbonyl (C=O) groups excluding carboxylic acids is 1. The van der Waals surface area contributed by atoms with Crippen molar-refractivity contribution in [2.24, 2.45) is 0 Å². The van der Waals surface area contributed by atoms with Gasteiger partial charge in [0.05, 0.1) is 0 Å². The summed E-state index contributed by atoms with van der Waals surface area (Å²) >= 11 is 0. The van der Waals surface area contributed by atoms with Gasteiger partial charge in [-0.2, -0.15) is 0 Å². The van der Waals surface area contributed by atoms with Gasteiger partial charge in [-0.15, -0.1) is 0 Å². The molecule has 0 saturated carbocycles. The van der Waals surface area contributed by atoms with Crippen LogP contribution in [0.5, 0.6) is 0 Å². The molecular weight excluding hydrogens is 233 g/mol. The monoisotopic (exact) mass is 251 g/mol. The van der Waals surface area contributed by atoms with Gasteiger partial charge in [0.1, 0.15) is 11.9 Å². The molecule has 1 aromatic rings. The van der Waals surface area contributed by atoms with Gasteiger partial charge in [-0.1, -0.05) is 12.1 Å². The molecule has 1 heterocycles. The lowest BCUT2D eigenvalue weighted by Gasteiger charge is -2.23. The van der Waals surface area contributed by atoms with Crippen LogP contribution in [0.15, 0.2) is 24.3 Å². The van der Waals surface area contributed by atoms with Crippen LogP contribution in [0.4, 0.5) is 4.39 Å². The van der Waals surface area contributed by atoms with E-state index in [1.807, 2.05) is 13.0 Å². The highest BCUT2D eigenvalue weighted by atomic mass is 19.1. The van der Waals surface area contributed by atoms with Crippen LogP contribution in [0.25, 0.3) is 0 Å². The van der Waals surface area contributed by atoms with Crippen LogP contribution in [0.2, 0.25) is 0 Å². The maximum absolute atomic E-state index is 13.1. The Balaban J connectivity index is 2.02. The number of halogens is 1. The zero-order chi connectivity index (χ0) is 13.0. The van der Waals surface area contributed by atoms with Gasteiger partial charge in [0, 0.05) is 19.7 Å². The molecule has 1 aromatic carbocycles. The SMILES string of the molecule is CCN(Cc1cccc(F)c1)C(=O)C1CCCO1. The first-order valence-corrected chi connectivity index (χ1v) is 6.35. The Kier molecular flexibility index (Phi) is 4.31. The summed E-state index contributed by atoms with van der Waals surface area (Å²) in [5.41, 5.74) is 0.809. The lowest BCUT2D eigenvalue weighted by atomic mass is 10.1. The predicted octanol–water partition coefficient (Wildman–Crippen LogP) is 2.35. The van der Waals surface area contributed by atoms with Crippen LogP contribution >= 0.6 is 0 Å². The van der Waals surface area contributed by atoms with Crippen molar-refractivity contribution >= 4 is 5.91 Å². The summed E-state index contributed by atoms with van der Waals surface area (Å²) in [6.45, 7) is 3.63.